The van der Waals surface area contributed by atoms with Crippen molar-refractivity contribution in [1.82, 2.24) is 4.90 Å². The van der Waals surface area contributed by atoms with E-state index in [9.17, 15) is 9.59 Å². The number of imide groups is 1. The number of ether oxygens (including phenoxy) is 1. The van der Waals surface area contributed by atoms with Crippen molar-refractivity contribution in [3.05, 3.63) is 0 Å². The van der Waals surface area contributed by atoms with Crippen LogP contribution in [0.1, 0.15) is 27.2 Å². The van der Waals surface area contributed by atoms with Gasteiger partial charge in [0.05, 0.1) is 6.61 Å². The van der Waals surface area contributed by atoms with Gasteiger partial charge >= 0.3 is 12.5 Å². The van der Waals surface area contributed by atoms with Crippen LogP contribution in [0.5, 0.6) is 0 Å². The van der Waals surface area contributed by atoms with Crippen LogP contribution in [0.2, 0.25) is 0 Å². The molecule has 0 atom stereocenters. The average molecular weight is 186 g/mol. The third-order valence-electron chi connectivity index (χ3n) is 1.53. The fourth-order valence-corrected chi connectivity index (χ4v) is 0.763. The van der Waals surface area contributed by atoms with Gasteiger partial charge in [0.1, 0.15) is 0 Å². The van der Waals surface area contributed by atoms with Gasteiger partial charge in [0.2, 0.25) is 0 Å². The summed E-state index contributed by atoms with van der Waals surface area (Å²) in [4.78, 5) is 22.3. The van der Waals surface area contributed by atoms with Crippen LogP contribution in [0.3, 0.4) is 0 Å². The number of rotatable bonds is 5. The molecule has 13 heavy (non-hydrogen) atoms. The fourth-order valence-electron chi connectivity index (χ4n) is 0.763. The van der Waals surface area contributed by atoms with E-state index in [1.165, 1.54) is 0 Å². The van der Waals surface area contributed by atoms with E-state index in [0.717, 1.165) is 11.3 Å². The monoisotopic (exact) mass is 186 g/mol. The number of hydrogen-bond acceptors (Lipinski definition) is 3. The lowest BCUT2D eigenvalue weighted by Crippen LogP contribution is -2.31. The summed E-state index contributed by atoms with van der Waals surface area (Å²) in [5, 5.41) is 0. The Labute approximate surface area is 78.9 Å². The van der Waals surface area contributed by atoms with Crippen molar-refractivity contribution in [3.8, 4) is 0 Å². The zero-order valence-electron chi connectivity index (χ0n) is 8.37. The van der Waals surface area contributed by atoms with Gasteiger partial charge in [-0.3, -0.25) is 4.79 Å². The molecule has 0 aromatic rings. The highest BCUT2D eigenvalue weighted by molar-refractivity contribution is 5.80. The van der Waals surface area contributed by atoms with Crippen LogP contribution in [0, 0.1) is 5.92 Å². The van der Waals surface area contributed by atoms with Crippen molar-refractivity contribution in [2.45, 2.75) is 27.2 Å². The second kappa shape index (κ2) is 6.46. The Morgan fingerprint density at radius 2 is 2.15 bits per heavy atom. The van der Waals surface area contributed by atoms with Crippen molar-refractivity contribution >= 4 is 12.5 Å². The predicted octanol–water partition coefficient (Wildman–Crippen LogP) is 1.56. The average Bonchev–Trinajstić information content (AvgIpc) is 2.05. The molecule has 0 rings (SSSR count). The highest BCUT2D eigenvalue weighted by Crippen LogP contribution is 2.01. The molecule has 0 bridgehead atoms. The zero-order valence-corrected chi connectivity index (χ0v) is 8.37. The third-order valence-corrected chi connectivity index (χ3v) is 1.53. The minimum atomic E-state index is -0.613. The lowest BCUT2D eigenvalue weighted by Gasteiger charge is -2.14. The van der Waals surface area contributed by atoms with Gasteiger partial charge in [-0.05, 0) is 19.3 Å². The van der Waals surface area contributed by atoms with E-state index in [0.29, 0.717) is 12.5 Å². The summed E-state index contributed by atoms with van der Waals surface area (Å²) in [5.41, 5.74) is 0. The number of hydrogen-bond donors (Lipinski definition) is 0. The number of amides is 2. The Hall–Kier alpha value is -1.06. The molecule has 0 aromatic carbocycles. The molecule has 0 unspecified atom stereocenters. The predicted molar refractivity (Wildman–Crippen MR) is 48.9 cm³/mol. The molecular weight excluding hydrogens is 170 g/mol. The zero-order chi connectivity index (χ0) is 10.3. The summed E-state index contributed by atoms with van der Waals surface area (Å²) < 4.78 is 4.65. The van der Waals surface area contributed by atoms with E-state index in [1.807, 2.05) is 13.8 Å². The quantitative estimate of drug-likeness (QED) is 0.612. The van der Waals surface area contributed by atoms with Gasteiger partial charge in [-0.1, -0.05) is 13.8 Å². The Morgan fingerprint density at radius 3 is 2.54 bits per heavy atom. The molecule has 0 heterocycles. The van der Waals surface area contributed by atoms with Crippen molar-refractivity contribution in [1.29, 1.82) is 0 Å². The Balaban J connectivity index is 3.87. The molecule has 4 nitrogen and oxygen atoms in total. The summed E-state index contributed by atoms with van der Waals surface area (Å²) >= 11 is 0. The summed E-state index contributed by atoms with van der Waals surface area (Å²) in [6.07, 6.45) is 1.71. The van der Waals surface area contributed by atoms with Gasteiger partial charge in [-0.15, -0.1) is 0 Å². The van der Waals surface area contributed by atoms with Gasteiger partial charge in [0, 0.05) is 6.54 Å². The van der Waals surface area contributed by atoms with Crippen molar-refractivity contribution < 1.29 is 14.3 Å². The van der Waals surface area contributed by atoms with Gasteiger partial charge in [-0.25, -0.2) is 9.69 Å². The van der Waals surface area contributed by atoms with Crippen LogP contribution in [0.4, 0.5) is 4.79 Å². The van der Waals surface area contributed by atoms with Crippen LogP contribution in [-0.4, -0.2) is 30.6 Å². The van der Waals surface area contributed by atoms with E-state index in [2.05, 4.69) is 4.74 Å². The van der Waals surface area contributed by atoms with Crippen molar-refractivity contribution in [2.24, 2.45) is 5.92 Å². The van der Waals surface area contributed by atoms with Gasteiger partial charge in [0.25, 0.3) is 0 Å². The van der Waals surface area contributed by atoms with Crippen molar-refractivity contribution in [2.75, 3.05) is 13.2 Å². The minimum Gasteiger partial charge on any atom is -0.449 e. The van der Waals surface area contributed by atoms with Gasteiger partial charge in [0.15, 0.2) is 0 Å². The maximum Gasteiger partial charge on any atom is 0.416 e. The summed E-state index contributed by atoms with van der Waals surface area (Å²) in [6, 6.07) is 0. The number of carbonyl (C=O) groups excluding carboxylic acids is 2. The van der Waals surface area contributed by atoms with E-state index in [1.54, 1.807) is 13.3 Å². The fraction of sp³-hybridized carbons (Fsp3) is 0.778. The van der Waals surface area contributed by atoms with E-state index in [4.69, 9.17) is 0 Å². The highest BCUT2D eigenvalue weighted by Gasteiger charge is 2.14. The van der Waals surface area contributed by atoms with Crippen LogP contribution in [-0.2, 0) is 9.53 Å². The molecule has 75 valence electrons. The smallest absolute Gasteiger partial charge is 0.416 e. The first-order chi connectivity index (χ1) is 6.11. The normalized spacial score (nSPS) is 9.85. The molecule has 0 aliphatic rings. The second-order valence-electron chi connectivity index (χ2n) is 3.12. The molecule has 0 aliphatic carbocycles. The number of nitrogens with zero attached hydrogens (tertiary/aromatic N) is 1. The first-order valence-electron chi connectivity index (χ1n) is 4.43. The molecular formula is C9H16NO3. The topological polar surface area (TPSA) is 46.6 Å². The van der Waals surface area contributed by atoms with Crippen molar-refractivity contribution in [3.63, 3.8) is 0 Å². The molecule has 0 saturated carbocycles. The van der Waals surface area contributed by atoms with Crippen LogP contribution >= 0.6 is 0 Å². The summed E-state index contributed by atoms with van der Waals surface area (Å²) in [6.45, 7) is 6.39. The number of carbonyl (C=O) groups is 1. The van der Waals surface area contributed by atoms with Gasteiger partial charge < -0.3 is 4.74 Å². The summed E-state index contributed by atoms with van der Waals surface area (Å²) in [7, 11) is 0. The molecule has 0 aliphatic heterocycles. The minimum absolute atomic E-state index is 0.276. The highest BCUT2D eigenvalue weighted by atomic mass is 16.6. The largest absolute Gasteiger partial charge is 0.449 e. The molecule has 0 N–H and O–H groups in total. The van der Waals surface area contributed by atoms with Crippen LogP contribution < -0.4 is 0 Å². The summed E-state index contributed by atoms with van der Waals surface area (Å²) in [5.74, 6) is 0.449. The molecule has 0 aromatic heterocycles. The molecule has 0 saturated heterocycles. The van der Waals surface area contributed by atoms with Crippen LogP contribution in [0.25, 0.3) is 0 Å². The maximum atomic E-state index is 11.0. The molecule has 0 fully saturated rings. The van der Waals surface area contributed by atoms with E-state index in [-0.39, 0.29) is 6.61 Å². The van der Waals surface area contributed by atoms with Gasteiger partial charge in [-0.2, -0.15) is 0 Å². The lowest BCUT2D eigenvalue weighted by atomic mass is 10.1. The molecule has 4 heteroatoms. The Bertz CT molecular complexity index is 168. The van der Waals surface area contributed by atoms with Crippen LogP contribution in [0.15, 0.2) is 0 Å². The molecule has 0 spiro atoms. The lowest BCUT2D eigenvalue weighted by molar-refractivity contribution is 0.125. The standard InChI is InChI=1S/C9H16NO3/c1-4-13-9(12)10(7-11)6-5-8(2)3/h8H,4-6H2,1-3H3. The third kappa shape index (κ3) is 5.22. The maximum absolute atomic E-state index is 11.0. The first kappa shape index (κ1) is 11.9. The van der Waals surface area contributed by atoms with E-state index >= 15 is 0 Å². The Morgan fingerprint density at radius 1 is 1.54 bits per heavy atom. The van der Waals surface area contributed by atoms with E-state index < -0.39 is 6.09 Å². The first-order valence-corrected chi connectivity index (χ1v) is 4.43. The molecule has 2 amide bonds. The molecule has 1 radical (unpaired) electrons. The second-order valence-corrected chi connectivity index (χ2v) is 3.12. The Kier molecular flexibility index (Phi) is 5.93. The SMILES string of the molecule is CCOC(=O)N([C]=O)CCC(C)C.